The van der Waals surface area contributed by atoms with E-state index in [1.54, 1.807) is 36.4 Å². The molecule has 0 unspecified atom stereocenters. The van der Waals surface area contributed by atoms with Gasteiger partial charge in [-0.05, 0) is 48.5 Å². The molecule has 3 rings (SSSR count). The van der Waals surface area contributed by atoms with Gasteiger partial charge in [-0.3, -0.25) is 4.79 Å². The summed E-state index contributed by atoms with van der Waals surface area (Å²) in [6, 6.07) is 11.3. The lowest BCUT2D eigenvalue weighted by Gasteiger charge is -2.03. The molecule has 2 aromatic carbocycles. The Kier molecular flexibility index (Phi) is 4.58. The van der Waals surface area contributed by atoms with Crippen LogP contribution in [0.25, 0.3) is 6.08 Å². The van der Waals surface area contributed by atoms with Gasteiger partial charge in [-0.25, -0.2) is 9.79 Å². The van der Waals surface area contributed by atoms with Crippen molar-refractivity contribution < 1.29 is 19.8 Å². The lowest BCUT2D eigenvalue weighted by atomic mass is 10.1. The average Bonchev–Trinajstić information content (AvgIpc) is 2.91. The number of nitrogens with one attached hydrogen (secondary N) is 1. The summed E-state index contributed by atoms with van der Waals surface area (Å²) in [4.78, 5) is 27.9. The van der Waals surface area contributed by atoms with Gasteiger partial charge in [0.25, 0.3) is 5.91 Å². The number of aromatic hydroxyl groups is 1. The van der Waals surface area contributed by atoms with Gasteiger partial charge in [0.1, 0.15) is 5.75 Å². The summed E-state index contributed by atoms with van der Waals surface area (Å²) in [5.41, 5.74) is 1.94. The fraction of sp³-hybridized carbons (Fsp3) is 0.0556. The third-order valence-electron chi connectivity index (χ3n) is 3.55. The highest BCUT2D eigenvalue weighted by atomic mass is 32.2. The molecule has 7 heteroatoms. The molecule has 126 valence electrons. The van der Waals surface area contributed by atoms with Crippen molar-refractivity contribution in [3.8, 4) is 5.75 Å². The number of hydrogen-bond donors (Lipinski definition) is 3. The highest BCUT2D eigenvalue weighted by molar-refractivity contribution is 8.18. The highest BCUT2D eigenvalue weighted by Crippen LogP contribution is 2.31. The number of hydrogen-bond acceptors (Lipinski definition) is 5. The number of amides is 1. The zero-order chi connectivity index (χ0) is 18.0. The summed E-state index contributed by atoms with van der Waals surface area (Å²) in [7, 11) is 0. The Hall–Kier alpha value is -3.06. The molecule has 1 fully saturated rings. The maximum atomic E-state index is 12.1. The maximum absolute atomic E-state index is 12.1. The van der Waals surface area contributed by atoms with Crippen LogP contribution in [0.1, 0.15) is 21.5 Å². The predicted octanol–water partition coefficient (Wildman–Crippen LogP) is 3.29. The van der Waals surface area contributed by atoms with Gasteiger partial charge in [-0.15, -0.1) is 0 Å². The van der Waals surface area contributed by atoms with Gasteiger partial charge in [0.2, 0.25) is 0 Å². The lowest BCUT2D eigenvalue weighted by molar-refractivity contribution is -0.115. The van der Waals surface area contributed by atoms with Crippen LogP contribution in [-0.4, -0.2) is 27.3 Å². The van der Waals surface area contributed by atoms with Crippen LogP contribution in [0.4, 0.5) is 5.69 Å². The smallest absolute Gasteiger partial charge is 0.335 e. The molecule has 0 radical (unpaired) electrons. The van der Waals surface area contributed by atoms with E-state index in [2.05, 4.69) is 10.3 Å². The van der Waals surface area contributed by atoms with Crippen LogP contribution < -0.4 is 5.32 Å². The second-order valence-electron chi connectivity index (χ2n) is 5.35. The van der Waals surface area contributed by atoms with E-state index in [0.717, 1.165) is 17.3 Å². The third-order valence-corrected chi connectivity index (χ3v) is 4.46. The Balaban J connectivity index is 1.90. The van der Waals surface area contributed by atoms with Crippen molar-refractivity contribution in [2.75, 3.05) is 0 Å². The zero-order valence-electron chi connectivity index (χ0n) is 13.2. The number of carboxylic acid groups (broad SMARTS) is 1. The second kappa shape index (κ2) is 6.82. The molecule has 0 saturated carbocycles. The van der Waals surface area contributed by atoms with Gasteiger partial charge < -0.3 is 15.5 Å². The second-order valence-corrected chi connectivity index (χ2v) is 6.38. The summed E-state index contributed by atoms with van der Waals surface area (Å²) in [5.74, 6) is -1.28. The molecule has 1 aliphatic rings. The van der Waals surface area contributed by atoms with Crippen LogP contribution in [0.3, 0.4) is 0 Å². The Morgan fingerprint density at radius 2 is 2.00 bits per heavy atom. The fourth-order valence-electron chi connectivity index (χ4n) is 2.20. The van der Waals surface area contributed by atoms with Crippen molar-refractivity contribution in [1.29, 1.82) is 0 Å². The van der Waals surface area contributed by atoms with Crippen LogP contribution in [0, 0.1) is 6.92 Å². The van der Waals surface area contributed by atoms with E-state index >= 15 is 0 Å². The number of phenolic OH excluding ortho intramolecular Hbond substituents is 1. The van der Waals surface area contributed by atoms with E-state index in [0.29, 0.717) is 21.3 Å². The van der Waals surface area contributed by atoms with Crippen molar-refractivity contribution in [3.05, 3.63) is 64.1 Å². The Morgan fingerprint density at radius 1 is 1.24 bits per heavy atom. The largest absolute Gasteiger partial charge is 0.507 e. The van der Waals surface area contributed by atoms with Crippen LogP contribution in [0.2, 0.25) is 0 Å². The van der Waals surface area contributed by atoms with E-state index in [-0.39, 0.29) is 17.2 Å². The summed E-state index contributed by atoms with van der Waals surface area (Å²) < 4.78 is 0. The zero-order valence-corrected chi connectivity index (χ0v) is 14.0. The van der Waals surface area contributed by atoms with Crippen molar-refractivity contribution in [1.82, 2.24) is 5.32 Å². The first-order chi connectivity index (χ1) is 11.9. The van der Waals surface area contributed by atoms with E-state index in [4.69, 9.17) is 5.11 Å². The molecule has 0 bridgehead atoms. The number of aliphatic imine (C=N–C) groups is 1. The van der Waals surface area contributed by atoms with Crippen molar-refractivity contribution >= 4 is 40.6 Å². The first kappa shape index (κ1) is 16.8. The SMILES string of the molecule is Cc1ccc(C(=O)O)cc1N=C1NC(=O)/C(=C/c2ccccc2O)S1. The first-order valence-electron chi connectivity index (χ1n) is 7.35. The van der Waals surface area contributed by atoms with Crippen LogP contribution in [0.5, 0.6) is 5.75 Å². The topological polar surface area (TPSA) is 99.0 Å². The molecule has 2 aromatic rings. The molecule has 1 heterocycles. The standard InChI is InChI=1S/C18H14N2O4S/c1-10-6-7-12(17(23)24)8-13(10)19-18-20-16(22)15(25-18)9-11-4-2-3-5-14(11)21/h2-9,21H,1H3,(H,23,24)(H,19,20,22)/b15-9-. The molecular formula is C18H14N2O4S. The van der Waals surface area contributed by atoms with E-state index in [9.17, 15) is 14.7 Å². The molecular weight excluding hydrogens is 340 g/mol. The Labute approximate surface area is 147 Å². The van der Waals surface area contributed by atoms with Gasteiger partial charge in [-0.1, -0.05) is 24.3 Å². The predicted molar refractivity (Wildman–Crippen MR) is 97.1 cm³/mol. The number of rotatable bonds is 3. The molecule has 25 heavy (non-hydrogen) atoms. The number of nitrogens with zero attached hydrogens (tertiary/aromatic N) is 1. The first-order valence-corrected chi connectivity index (χ1v) is 8.17. The number of aryl methyl sites for hydroxylation is 1. The number of carbonyl (C=O) groups is 2. The molecule has 0 spiro atoms. The van der Waals surface area contributed by atoms with Crippen LogP contribution >= 0.6 is 11.8 Å². The molecule has 0 aromatic heterocycles. The van der Waals surface area contributed by atoms with E-state index in [1.165, 1.54) is 12.1 Å². The monoisotopic (exact) mass is 354 g/mol. The molecule has 0 aliphatic carbocycles. The number of phenols is 1. The van der Waals surface area contributed by atoms with Gasteiger partial charge in [0.05, 0.1) is 16.2 Å². The van der Waals surface area contributed by atoms with E-state index in [1.807, 2.05) is 6.92 Å². The summed E-state index contributed by atoms with van der Waals surface area (Å²) in [6.07, 6.45) is 1.58. The van der Waals surface area contributed by atoms with Gasteiger partial charge >= 0.3 is 5.97 Å². The maximum Gasteiger partial charge on any atom is 0.335 e. The number of carbonyl (C=O) groups excluding carboxylic acids is 1. The van der Waals surface area contributed by atoms with E-state index < -0.39 is 5.97 Å². The normalized spacial score (nSPS) is 17.1. The molecule has 6 nitrogen and oxygen atoms in total. The highest BCUT2D eigenvalue weighted by Gasteiger charge is 2.24. The summed E-state index contributed by atoms with van der Waals surface area (Å²) in [6.45, 7) is 1.81. The number of para-hydroxylation sites is 1. The summed E-state index contributed by atoms with van der Waals surface area (Å²) in [5, 5.41) is 21.9. The molecule has 1 amide bonds. The number of benzene rings is 2. The lowest BCUT2D eigenvalue weighted by Crippen LogP contribution is -2.19. The minimum atomic E-state index is -1.04. The van der Waals surface area contributed by atoms with Gasteiger partial charge in [-0.2, -0.15) is 0 Å². The van der Waals surface area contributed by atoms with Gasteiger partial charge in [0, 0.05) is 5.56 Å². The minimum absolute atomic E-state index is 0.0822. The average molecular weight is 354 g/mol. The quantitative estimate of drug-likeness (QED) is 0.735. The molecule has 0 atom stereocenters. The number of amidine groups is 1. The Bertz CT molecular complexity index is 934. The van der Waals surface area contributed by atoms with Crippen LogP contribution in [0.15, 0.2) is 52.4 Å². The molecule has 1 saturated heterocycles. The summed E-state index contributed by atoms with van der Waals surface area (Å²) >= 11 is 1.13. The van der Waals surface area contributed by atoms with Crippen molar-refractivity contribution in [2.45, 2.75) is 6.92 Å². The van der Waals surface area contributed by atoms with Crippen molar-refractivity contribution in [3.63, 3.8) is 0 Å². The minimum Gasteiger partial charge on any atom is -0.507 e. The van der Waals surface area contributed by atoms with Crippen LogP contribution in [-0.2, 0) is 4.79 Å². The fourth-order valence-corrected chi connectivity index (χ4v) is 3.03. The number of thioether (sulfide) groups is 1. The number of aromatic carboxylic acids is 1. The number of carboxylic acids is 1. The van der Waals surface area contributed by atoms with Gasteiger partial charge in [0.15, 0.2) is 5.17 Å². The molecule has 3 N–H and O–H groups in total. The third kappa shape index (κ3) is 3.72. The van der Waals surface area contributed by atoms with Crippen molar-refractivity contribution in [2.24, 2.45) is 4.99 Å². The Morgan fingerprint density at radius 3 is 2.72 bits per heavy atom. The molecule has 1 aliphatic heterocycles.